The van der Waals surface area contributed by atoms with Gasteiger partial charge >= 0.3 is 15.6 Å². The molecule has 2 aromatic rings. The third-order valence-electron chi connectivity index (χ3n) is 5.75. The maximum atomic E-state index is 12.3. The molecule has 10 atom stereocenters. The third-order valence-corrected chi connectivity index (χ3v) is 8.35. The lowest BCUT2D eigenvalue weighted by atomic mass is 10.1. The van der Waals surface area contributed by atoms with Gasteiger partial charge in [0.05, 0.1) is 19.5 Å². The highest BCUT2D eigenvalue weighted by Gasteiger charge is 2.47. The van der Waals surface area contributed by atoms with Crippen molar-refractivity contribution in [2.75, 3.05) is 18.9 Å². The van der Waals surface area contributed by atoms with Crippen LogP contribution in [-0.2, 0) is 36.8 Å². The number of carbonyl (C=O) groups is 1. The van der Waals surface area contributed by atoms with Gasteiger partial charge in [0.15, 0.2) is 24.0 Å². The molecule has 218 valence electrons. The van der Waals surface area contributed by atoms with Gasteiger partial charge in [-0.2, -0.15) is 4.31 Å². The number of phosphoric ester groups is 2. The molecule has 2 aromatic heterocycles. The molecule has 0 radical (unpaired) electrons. The van der Waals surface area contributed by atoms with Crippen molar-refractivity contribution in [3.05, 3.63) is 12.7 Å². The lowest BCUT2D eigenvalue weighted by Gasteiger charge is -2.21. The topological polar surface area (TPSA) is 300 Å². The van der Waals surface area contributed by atoms with Crippen LogP contribution in [0.25, 0.3) is 11.2 Å². The van der Waals surface area contributed by atoms with E-state index in [0.717, 1.165) is 13.3 Å². The quantitative estimate of drug-likeness (QED) is 0.125. The van der Waals surface area contributed by atoms with Gasteiger partial charge in [0, 0.05) is 6.92 Å². The maximum absolute atomic E-state index is 12.3. The molecular formula is C17H26N6O14P2. The van der Waals surface area contributed by atoms with E-state index < -0.39 is 83.8 Å². The summed E-state index contributed by atoms with van der Waals surface area (Å²) in [6.07, 6.45) is -8.18. The number of anilines is 1. The summed E-state index contributed by atoms with van der Waals surface area (Å²) in [4.78, 5) is 42.7. The predicted octanol–water partition coefficient (Wildman–Crippen LogP) is -3.14. The molecule has 0 aliphatic carbocycles. The van der Waals surface area contributed by atoms with E-state index in [-0.39, 0.29) is 17.0 Å². The van der Waals surface area contributed by atoms with Gasteiger partial charge in [0.2, 0.25) is 5.91 Å². The number of amides is 1. The predicted molar refractivity (Wildman–Crippen MR) is 123 cm³/mol. The van der Waals surface area contributed by atoms with E-state index in [9.17, 15) is 44.1 Å². The van der Waals surface area contributed by atoms with Crippen molar-refractivity contribution < 1.29 is 67.0 Å². The van der Waals surface area contributed by atoms with Crippen LogP contribution in [0.15, 0.2) is 12.7 Å². The average Bonchev–Trinajstić information content (AvgIpc) is 3.47. The maximum Gasteiger partial charge on any atom is 0.481 e. The molecule has 4 rings (SSSR count). The first kappa shape index (κ1) is 29.8. The summed E-state index contributed by atoms with van der Waals surface area (Å²) in [5, 5.41) is 42.9. The monoisotopic (exact) mass is 600 g/mol. The number of carbonyl (C=O) groups excluding carboxylic acids is 1. The van der Waals surface area contributed by atoms with Gasteiger partial charge in [-0.05, 0) is 0 Å². The Morgan fingerprint density at radius 2 is 1.64 bits per heavy atom. The van der Waals surface area contributed by atoms with Gasteiger partial charge in [-0.1, -0.05) is 0 Å². The van der Waals surface area contributed by atoms with Gasteiger partial charge in [0.1, 0.15) is 48.4 Å². The Hall–Kier alpha value is -2.16. The number of nitrogens with one attached hydrogen (secondary N) is 1. The molecule has 4 heterocycles. The second-order valence-corrected chi connectivity index (χ2v) is 11.6. The highest BCUT2D eigenvalue weighted by Crippen LogP contribution is 2.60. The fourth-order valence-electron chi connectivity index (χ4n) is 3.94. The Morgan fingerprint density at radius 3 is 2.26 bits per heavy atom. The zero-order valence-corrected chi connectivity index (χ0v) is 21.7. The first-order valence-corrected chi connectivity index (χ1v) is 14.1. The van der Waals surface area contributed by atoms with Crippen molar-refractivity contribution in [3.63, 3.8) is 0 Å². The highest BCUT2D eigenvalue weighted by atomic mass is 31.3. The molecule has 22 heteroatoms. The summed E-state index contributed by atoms with van der Waals surface area (Å²) in [5.74, 6) is -0.538. The number of phosphoric acid groups is 2. The van der Waals surface area contributed by atoms with Crippen LogP contribution in [0.1, 0.15) is 13.2 Å². The molecule has 0 saturated carbocycles. The Balaban J connectivity index is 1.32. The minimum atomic E-state index is -5.33. The summed E-state index contributed by atoms with van der Waals surface area (Å²) in [7, 11) is -10.7. The number of nitrogens with two attached hydrogens (primary N) is 1. The molecule has 2 aliphatic rings. The number of nitrogen functional groups attached to an aromatic ring is 1. The number of aliphatic hydroxyl groups excluding tert-OH is 4. The molecule has 9 N–H and O–H groups in total. The number of hydrogen-bond acceptors (Lipinski definition) is 16. The van der Waals surface area contributed by atoms with E-state index in [2.05, 4.69) is 33.6 Å². The van der Waals surface area contributed by atoms with Crippen LogP contribution in [-0.4, -0.2) is 112 Å². The van der Waals surface area contributed by atoms with Crippen LogP contribution >= 0.6 is 15.6 Å². The number of hydrogen-bond donors (Lipinski definition) is 8. The molecule has 2 saturated heterocycles. The van der Waals surface area contributed by atoms with Gasteiger partial charge < -0.3 is 50.7 Å². The van der Waals surface area contributed by atoms with E-state index in [1.807, 2.05) is 0 Å². The van der Waals surface area contributed by atoms with Crippen LogP contribution < -0.4 is 11.1 Å². The summed E-state index contributed by atoms with van der Waals surface area (Å²) < 4.78 is 49.6. The molecule has 0 spiro atoms. The largest absolute Gasteiger partial charge is 0.481 e. The van der Waals surface area contributed by atoms with Crippen molar-refractivity contribution >= 4 is 38.5 Å². The molecule has 0 aromatic carbocycles. The van der Waals surface area contributed by atoms with Crippen LogP contribution in [0.3, 0.4) is 0 Å². The van der Waals surface area contributed by atoms with E-state index in [0.29, 0.717) is 0 Å². The molecule has 2 aliphatic heterocycles. The number of aliphatic hydroxyl groups is 4. The fraction of sp³-hybridized carbons (Fsp3) is 0.647. The number of aromatic nitrogens is 4. The zero-order chi connectivity index (χ0) is 28.7. The SMILES string of the molecule is CC(=O)NC1[C@H](O)O[C@H](COP(=O)(O)OP(=O)(O)OC[C@H]2O[C@@H](n3cnc4c(N)ncnc43)C(O)C2O)[C@@H]1O. The van der Waals surface area contributed by atoms with E-state index in [1.54, 1.807) is 0 Å². The first-order valence-electron chi connectivity index (χ1n) is 11.1. The molecule has 0 bridgehead atoms. The second kappa shape index (κ2) is 11.4. The van der Waals surface area contributed by atoms with E-state index in [4.69, 9.17) is 15.2 Å². The zero-order valence-electron chi connectivity index (χ0n) is 19.9. The molecule has 20 nitrogen and oxygen atoms in total. The fourth-order valence-corrected chi connectivity index (χ4v) is 6.03. The van der Waals surface area contributed by atoms with Crippen molar-refractivity contribution in [1.29, 1.82) is 0 Å². The third kappa shape index (κ3) is 6.60. The van der Waals surface area contributed by atoms with Crippen molar-refractivity contribution in [2.45, 2.75) is 56.0 Å². The molecule has 5 unspecified atom stereocenters. The van der Waals surface area contributed by atoms with Crippen molar-refractivity contribution in [1.82, 2.24) is 24.8 Å². The van der Waals surface area contributed by atoms with Crippen LogP contribution in [0, 0.1) is 0 Å². The summed E-state index contributed by atoms with van der Waals surface area (Å²) >= 11 is 0. The number of ether oxygens (including phenoxy) is 2. The summed E-state index contributed by atoms with van der Waals surface area (Å²) in [5.41, 5.74) is 6.09. The number of imidazole rings is 1. The first-order chi connectivity index (χ1) is 18.2. The number of fused-ring (bicyclic) bond motifs is 1. The number of rotatable bonds is 10. The van der Waals surface area contributed by atoms with Crippen molar-refractivity contribution in [2.24, 2.45) is 0 Å². The van der Waals surface area contributed by atoms with Gasteiger partial charge in [0.25, 0.3) is 0 Å². The summed E-state index contributed by atoms with van der Waals surface area (Å²) in [6, 6.07) is -1.26. The smallest absolute Gasteiger partial charge is 0.388 e. The number of nitrogens with zero attached hydrogens (tertiary/aromatic N) is 4. The van der Waals surface area contributed by atoms with Gasteiger partial charge in [-0.3, -0.25) is 18.4 Å². The van der Waals surface area contributed by atoms with E-state index >= 15 is 0 Å². The minimum Gasteiger partial charge on any atom is -0.388 e. The minimum absolute atomic E-state index is 0.0541. The molecule has 39 heavy (non-hydrogen) atoms. The Labute approximate surface area is 218 Å². The highest BCUT2D eigenvalue weighted by molar-refractivity contribution is 7.61. The second-order valence-electron chi connectivity index (χ2n) is 8.52. The van der Waals surface area contributed by atoms with Gasteiger partial charge in [-0.15, -0.1) is 0 Å². The standard InChI is InChI=1S/C17H26N6O14P2/c1-6(24)22-9-11(25)7(36-17(9)28)2-33-38(29,30)37-39(31,32)34-3-8-12(26)13(27)16(35-8)23-5-21-10-14(18)19-4-20-15(10)23/h4-5,7-9,11-13,16-17,25-28H,2-3H2,1H3,(H,22,24)(H,29,30)(H,31,32)(H2,18,19,20)/t7-,8-,9?,11+,12?,13?,16-,17-/m1/s1. The van der Waals surface area contributed by atoms with Crippen LogP contribution in [0.2, 0.25) is 0 Å². The lowest BCUT2D eigenvalue weighted by Crippen LogP contribution is -2.47. The molecule has 1 amide bonds. The Kier molecular flexibility index (Phi) is 8.70. The van der Waals surface area contributed by atoms with Gasteiger partial charge in [-0.25, -0.2) is 24.1 Å². The normalized spacial score (nSPS) is 34.1. The van der Waals surface area contributed by atoms with Crippen LogP contribution in [0.5, 0.6) is 0 Å². The van der Waals surface area contributed by atoms with Crippen molar-refractivity contribution in [3.8, 4) is 0 Å². The van der Waals surface area contributed by atoms with Crippen LogP contribution in [0.4, 0.5) is 5.82 Å². The molecule has 2 fully saturated rings. The summed E-state index contributed by atoms with van der Waals surface area (Å²) in [6.45, 7) is -0.659. The lowest BCUT2D eigenvalue weighted by molar-refractivity contribution is -0.126. The molecular weight excluding hydrogens is 574 g/mol. The average molecular weight is 600 g/mol. The Morgan fingerprint density at radius 1 is 1.03 bits per heavy atom. The van der Waals surface area contributed by atoms with E-state index in [1.165, 1.54) is 10.9 Å². The Bertz CT molecular complexity index is 1300.